The van der Waals surface area contributed by atoms with Crippen LogP contribution in [0.1, 0.15) is 17.0 Å². The van der Waals surface area contributed by atoms with E-state index in [2.05, 4.69) is 4.98 Å². The van der Waals surface area contributed by atoms with E-state index in [1.54, 1.807) is 31.2 Å². The highest BCUT2D eigenvalue weighted by Crippen LogP contribution is 2.29. The minimum atomic E-state index is -3.10. The van der Waals surface area contributed by atoms with Crippen LogP contribution >= 0.6 is 0 Å². The Morgan fingerprint density at radius 2 is 1.85 bits per heavy atom. The number of halogens is 2. The van der Waals surface area contributed by atoms with Crippen molar-refractivity contribution < 1.29 is 18.6 Å². The van der Waals surface area contributed by atoms with Crippen LogP contribution in [0.5, 0.6) is 5.75 Å². The van der Waals surface area contributed by atoms with Crippen LogP contribution in [0.3, 0.4) is 0 Å². The predicted molar refractivity (Wildman–Crippen MR) is 70.7 cm³/mol. The number of alkyl halides is 2. The lowest BCUT2D eigenvalue weighted by molar-refractivity contribution is -0.0472. The summed E-state index contributed by atoms with van der Waals surface area (Å²) < 4.78 is 33.0. The first-order valence-electron chi connectivity index (χ1n) is 6.16. The van der Waals surface area contributed by atoms with Crippen LogP contribution in [-0.2, 0) is 12.5 Å². The third kappa shape index (κ3) is 3.30. The molecule has 0 amide bonds. The lowest BCUT2D eigenvalue weighted by Crippen LogP contribution is -2.23. The highest BCUT2D eigenvalue weighted by Gasteiger charge is 2.32. The number of hydrogen-bond acceptors (Lipinski definition) is 3. The minimum absolute atomic E-state index is 0.106. The minimum Gasteiger partial charge on any atom is -0.485 e. The van der Waals surface area contributed by atoms with Gasteiger partial charge < -0.3 is 9.84 Å². The van der Waals surface area contributed by atoms with E-state index in [4.69, 9.17) is 9.84 Å². The average molecular weight is 279 g/mol. The van der Waals surface area contributed by atoms with Gasteiger partial charge in [-0.2, -0.15) is 8.78 Å². The molecule has 0 saturated heterocycles. The Balaban J connectivity index is 2.12. The summed E-state index contributed by atoms with van der Waals surface area (Å²) in [4.78, 5) is 4.05. The van der Waals surface area contributed by atoms with E-state index in [9.17, 15) is 8.78 Å². The molecule has 0 unspecified atom stereocenters. The molecule has 1 heterocycles. The molecule has 0 radical (unpaired) electrons. The van der Waals surface area contributed by atoms with Gasteiger partial charge in [-0.25, -0.2) is 0 Å². The van der Waals surface area contributed by atoms with Crippen molar-refractivity contribution in [3.63, 3.8) is 0 Å². The zero-order valence-electron chi connectivity index (χ0n) is 11.0. The van der Waals surface area contributed by atoms with Gasteiger partial charge in [0.15, 0.2) is 6.61 Å². The second-order valence-electron chi connectivity index (χ2n) is 4.41. The Kier molecular flexibility index (Phi) is 4.29. The number of aliphatic hydroxyl groups excluding tert-OH is 1. The highest BCUT2D eigenvalue weighted by atomic mass is 19.3. The van der Waals surface area contributed by atoms with E-state index in [1.165, 1.54) is 18.2 Å². The number of ether oxygens (including phenoxy) is 1. The van der Waals surface area contributed by atoms with Crippen LogP contribution in [0.25, 0.3) is 0 Å². The van der Waals surface area contributed by atoms with E-state index in [0.717, 1.165) is 0 Å². The molecular weight excluding hydrogens is 264 g/mol. The fourth-order valence-corrected chi connectivity index (χ4v) is 1.78. The Morgan fingerprint density at radius 3 is 2.50 bits per heavy atom. The van der Waals surface area contributed by atoms with Gasteiger partial charge in [0.25, 0.3) is 0 Å². The van der Waals surface area contributed by atoms with E-state index in [0.29, 0.717) is 5.69 Å². The van der Waals surface area contributed by atoms with Crippen molar-refractivity contribution in [2.75, 3.05) is 6.61 Å². The first-order valence-corrected chi connectivity index (χ1v) is 6.16. The molecule has 0 saturated carbocycles. The second-order valence-corrected chi connectivity index (χ2v) is 4.41. The van der Waals surface area contributed by atoms with Crippen LogP contribution in [0.15, 0.2) is 42.5 Å². The Bertz CT molecular complexity index is 573. The third-order valence-corrected chi connectivity index (χ3v) is 2.83. The second kappa shape index (κ2) is 5.96. The number of rotatable bonds is 5. The van der Waals surface area contributed by atoms with E-state index in [1.807, 2.05) is 0 Å². The van der Waals surface area contributed by atoms with Gasteiger partial charge in [0.05, 0.1) is 6.61 Å². The molecule has 3 nitrogen and oxygen atoms in total. The topological polar surface area (TPSA) is 42.4 Å². The maximum Gasteiger partial charge on any atom is 0.306 e. The van der Waals surface area contributed by atoms with Crippen molar-refractivity contribution in [3.05, 3.63) is 59.4 Å². The van der Waals surface area contributed by atoms with Gasteiger partial charge >= 0.3 is 5.92 Å². The first-order chi connectivity index (χ1) is 9.53. The average Bonchev–Trinajstić information content (AvgIpc) is 2.46. The van der Waals surface area contributed by atoms with Gasteiger partial charge in [0, 0.05) is 11.3 Å². The highest BCUT2D eigenvalue weighted by molar-refractivity contribution is 5.29. The maximum absolute atomic E-state index is 13.9. The lowest BCUT2D eigenvalue weighted by atomic mass is 10.1. The fraction of sp³-hybridized carbons (Fsp3) is 0.267. The van der Waals surface area contributed by atoms with Crippen LogP contribution in [-0.4, -0.2) is 16.7 Å². The van der Waals surface area contributed by atoms with Crippen molar-refractivity contribution in [2.24, 2.45) is 0 Å². The van der Waals surface area contributed by atoms with E-state index >= 15 is 0 Å². The molecule has 0 spiro atoms. The number of aliphatic hydroxyl groups is 1. The molecule has 0 aliphatic heterocycles. The SMILES string of the molecule is Cc1ccc(OCC(F)(F)c2ccccc2)c(CO)n1. The number of aromatic nitrogens is 1. The third-order valence-electron chi connectivity index (χ3n) is 2.83. The van der Waals surface area contributed by atoms with Gasteiger partial charge in [0.2, 0.25) is 0 Å². The maximum atomic E-state index is 13.9. The Morgan fingerprint density at radius 1 is 1.15 bits per heavy atom. The standard InChI is InChI=1S/C15H15F2NO2/c1-11-7-8-14(13(9-19)18-11)20-10-15(16,17)12-5-3-2-4-6-12/h2-8,19H,9-10H2,1H3. The van der Waals surface area contributed by atoms with Crippen LogP contribution in [0, 0.1) is 6.92 Å². The van der Waals surface area contributed by atoms with E-state index < -0.39 is 12.5 Å². The first kappa shape index (κ1) is 14.4. The largest absolute Gasteiger partial charge is 0.485 e. The molecule has 0 fully saturated rings. The summed E-state index contributed by atoms with van der Waals surface area (Å²) in [5.41, 5.74) is 0.843. The van der Waals surface area contributed by atoms with Crippen LogP contribution in [0.4, 0.5) is 8.78 Å². The molecule has 2 rings (SSSR count). The molecule has 2 aromatic rings. The molecule has 0 aliphatic carbocycles. The summed E-state index contributed by atoms with van der Waals surface area (Å²) in [6.07, 6.45) is 0. The number of nitrogens with zero attached hydrogens (tertiary/aromatic N) is 1. The van der Waals surface area contributed by atoms with Gasteiger partial charge in [0.1, 0.15) is 11.4 Å². The van der Waals surface area contributed by atoms with Crippen molar-refractivity contribution in [2.45, 2.75) is 19.5 Å². The van der Waals surface area contributed by atoms with Crippen molar-refractivity contribution in [3.8, 4) is 5.75 Å². The summed E-state index contributed by atoms with van der Waals surface area (Å²) in [6, 6.07) is 10.7. The molecule has 1 aromatic carbocycles. The normalized spacial score (nSPS) is 11.4. The number of pyridine rings is 1. The molecule has 1 N–H and O–H groups in total. The van der Waals surface area contributed by atoms with Gasteiger partial charge in [-0.3, -0.25) is 4.98 Å². The summed E-state index contributed by atoms with van der Waals surface area (Å²) in [5.74, 6) is -2.92. The van der Waals surface area contributed by atoms with Gasteiger partial charge in [-0.15, -0.1) is 0 Å². The van der Waals surface area contributed by atoms with Crippen molar-refractivity contribution in [1.29, 1.82) is 0 Å². The fourth-order valence-electron chi connectivity index (χ4n) is 1.78. The summed E-state index contributed by atoms with van der Waals surface area (Å²) in [7, 11) is 0. The molecule has 20 heavy (non-hydrogen) atoms. The quantitative estimate of drug-likeness (QED) is 0.914. The number of benzene rings is 1. The monoisotopic (exact) mass is 279 g/mol. The van der Waals surface area contributed by atoms with Crippen molar-refractivity contribution >= 4 is 0 Å². The molecule has 0 bridgehead atoms. The predicted octanol–water partition coefficient (Wildman–Crippen LogP) is 3.05. The van der Waals surface area contributed by atoms with Crippen molar-refractivity contribution in [1.82, 2.24) is 4.98 Å². The molecular formula is C15H15F2NO2. The lowest BCUT2D eigenvalue weighted by Gasteiger charge is -2.18. The summed E-state index contributed by atoms with van der Waals surface area (Å²) in [5, 5.41) is 9.16. The Labute approximate surface area is 115 Å². The summed E-state index contributed by atoms with van der Waals surface area (Å²) >= 11 is 0. The van der Waals surface area contributed by atoms with Gasteiger partial charge in [-0.05, 0) is 19.1 Å². The molecule has 1 aromatic heterocycles. The van der Waals surface area contributed by atoms with Crippen LogP contribution in [0.2, 0.25) is 0 Å². The van der Waals surface area contributed by atoms with E-state index in [-0.39, 0.29) is 23.6 Å². The zero-order chi connectivity index (χ0) is 14.6. The van der Waals surface area contributed by atoms with Gasteiger partial charge in [-0.1, -0.05) is 30.3 Å². The number of aryl methyl sites for hydroxylation is 1. The van der Waals surface area contributed by atoms with Crippen LogP contribution < -0.4 is 4.74 Å². The smallest absolute Gasteiger partial charge is 0.306 e. The summed E-state index contributed by atoms with van der Waals surface area (Å²) in [6.45, 7) is 0.601. The zero-order valence-corrected chi connectivity index (χ0v) is 11.0. The Hall–Kier alpha value is -2.01. The molecule has 5 heteroatoms. The molecule has 0 atom stereocenters. The molecule has 0 aliphatic rings. The molecule has 106 valence electrons. The number of hydrogen-bond donors (Lipinski definition) is 1.